The first-order chi connectivity index (χ1) is 8.72. The zero-order valence-electron chi connectivity index (χ0n) is 9.61. The normalized spacial score (nSPS) is 11.8. The third kappa shape index (κ3) is 2.55. The lowest BCUT2D eigenvalue weighted by molar-refractivity contribution is 0.0481. The molecule has 0 aliphatic rings. The highest BCUT2D eigenvalue weighted by Gasteiger charge is 2.17. The fourth-order valence-electron chi connectivity index (χ4n) is 1.28. The summed E-state index contributed by atoms with van der Waals surface area (Å²) in [5, 5.41) is 17.9. The number of hydrogen-bond acceptors (Lipinski definition) is 6. The maximum atomic E-state index is 11.9. The second-order valence-corrected chi connectivity index (χ2v) is 4.53. The quantitative estimate of drug-likeness (QED) is 0.782. The van der Waals surface area contributed by atoms with Gasteiger partial charge in [0.25, 0.3) is 0 Å². The van der Waals surface area contributed by atoms with Crippen molar-refractivity contribution in [2.75, 3.05) is 6.61 Å². The zero-order chi connectivity index (χ0) is 13.0. The van der Waals surface area contributed by atoms with Crippen LogP contribution in [0.3, 0.4) is 0 Å². The minimum atomic E-state index is -0.447. The highest BCUT2D eigenvalue weighted by molar-refractivity contribution is 7.12. The van der Waals surface area contributed by atoms with Crippen LogP contribution < -0.4 is 0 Å². The molecule has 0 spiro atoms. The van der Waals surface area contributed by atoms with Crippen molar-refractivity contribution in [3.8, 4) is 11.8 Å². The van der Waals surface area contributed by atoms with E-state index in [-0.39, 0.29) is 12.5 Å². The van der Waals surface area contributed by atoms with Gasteiger partial charge < -0.3 is 4.74 Å². The lowest BCUT2D eigenvalue weighted by atomic mass is 10.2. The van der Waals surface area contributed by atoms with Crippen LogP contribution in [0.25, 0.3) is 5.69 Å². The Morgan fingerprint density at radius 3 is 3.22 bits per heavy atom. The van der Waals surface area contributed by atoms with Crippen molar-refractivity contribution in [1.82, 2.24) is 15.0 Å². The Balaban J connectivity index is 2.13. The van der Waals surface area contributed by atoms with Gasteiger partial charge in [-0.05, 0) is 18.4 Å². The molecular weight excluding hydrogens is 252 g/mol. The maximum absolute atomic E-state index is 11.9. The van der Waals surface area contributed by atoms with Crippen LogP contribution in [0.5, 0.6) is 0 Å². The summed E-state index contributed by atoms with van der Waals surface area (Å²) in [6, 6.07) is 3.77. The van der Waals surface area contributed by atoms with Gasteiger partial charge >= 0.3 is 5.97 Å². The molecule has 2 aromatic rings. The van der Waals surface area contributed by atoms with E-state index in [1.807, 2.05) is 6.07 Å². The number of nitrogens with zero attached hydrogens (tertiary/aromatic N) is 4. The van der Waals surface area contributed by atoms with Crippen LogP contribution in [0, 0.1) is 17.2 Å². The summed E-state index contributed by atoms with van der Waals surface area (Å²) in [6.07, 6.45) is 3.18. The van der Waals surface area contributed by atoms with E-state index in [0.29, 0.717) is 10.6 Å². The van der Waals surface area contributed by atoms with E-state index >= 15 is 0 Å². The number of thiophene rings is 1. The maximum Gasteiger partial charge on any atom is 0.350 e. The van der Waals surface area contributed by atoms with Crippen molar-refractivity contribution in [2.45, 2.75) is 6.92 Å². The van der Waals surface area contributed by atoms with Gasteiger partial charge in [0.15, 0.2) is 0 Å². The first-order valence-corrected chi connectivity index (χ1v) is 6.11. The molecule has 7 heteroatoms. The van der Waals surface area contributed by atoms with Crippen LogP contribution >= 0.6 is 11.3 Å². The smallest absolute Gasteiger partial charge is 0.350 e. The Labute approximate surface area is 107 Å². The summed E-state index contributed by atoms with van der Waals surface area (Å²) in [4.78, 5) is 12.3. The summed E-state index contributed by atoms with van der Waals surface area (Å²) < 4.78 is 6.57. The zero-order valence-corrected chi connectivity index (χ0v) is 10.4. The van der Waals surface area contributed by atoms with E-state index in [4.69, 9.17) is 10.00 Å². The summed E-state index contributed by atoms with van der Waals surface area (Å²) in [7, 11) is 0. The molecule has 0 fully saturated rings. The molecule has 2 rings (SSSR count). The van der Waals surface area contributed by atoms with Crippen molar-refractivity contribution in [2.24, 2.45) is 5.92 Å². The van der Waals surface area contributed by atoms with Gasteiger partial charge in [-0.3, -0.25) is 0 Å². The number of esters is 1. The molecule has 0 aliphatic carbocycles. The standard InChI is InChI=1S/C11H10N4O2S/c1-8(6-12)7-17-11(16)10-9(2-5-18-10)15-4-3-13-14-15/h2-5,8H,7H2,1H3. The summed E-state index contributed by atoms with van der Waals surface area (Å²) >= 11 is 1.27. The van der Waals surface area contributed by atoms with E-state index in [1.54, 1.807) is 24.6 Å². The van der Waals surface area contributed by atoms with Crippen molar-refractivity contribution in [1.29, 1.82) is 5.26 Å². The van der Waals surface area contributed by atoms with Gasteiger partial charge in [-0.1, -0.05) is 5.21 Å². The lowest BCUT2D eigenvalue weighted by Gasteiger charge is -2.06. The van der Waals surface area contributed by atoms with E-state index in [0.717, 1.165) is 0 Å². The topological polar surface area (TPSA) is 80.8 Å². The van der Waals surface area contributed by atoms with Gasteiger partial charge in [-0.15, -0.1) is 16.4 Å². The minimum absolute atomic E-state index is 0.0873. The summed E-state index contributed by atoms with van der Waals surface area (Å²) in [6.45, 7) is 1.78. The molecule has 92 valence electrons. The number of hydrogen-bond donors (Lipinski definition) is 0. The highest BCUT2D eigenvalue weighted by atomic mass is 32.1. The molecule has 2 aromatic heterocycles. The molecule has 0 aliphatic heterocycles. The summed E-state index contributed by atoms with van der Waals surface area (Å²) in [5.41, 5.74) is 0.632. The van der Waals surface area contributed by atoms with Crippen molar-refractivity contribution in [3.63, 3.8) is 0 Å². The molecule has 6 nitrogen and oxygen atoms in total. The predicted molar refractivity (Wildman–Crippen MR) is 64.3 cm³/mol. The molecule has 1 atom stereocenters. The third-order valence-electron chi connectivity index (χ3n) is 2.18. The van der Waals surface area contributed by atoms with Crippen molar-refractivity contribution in [3.05, 3.63) is 28.7 Å². The van der Waals surface area contributed by atoms with Crippen LogP contribution in [-0.2, 0) is 4.74 Å². The van der Waals surface area contributed by atoms with Crippen LogP contribution in [0.1, 0.15) is 16.6 Å². The number of aromatic nitrogens is 3. The highest BCUT2D eigenvalue weighted by Crippen LogP contribution is 2.21. The number of ether oxygens (including phenoxy) is 1. The Hall–Kier alpha value is -2.20. The van der Waals surface area contributed by atoms with Gasteiger partial charge in [0.2, 0.25) is 0 Å². The van der Waals surface area contributed by atoms with Crippen LogP contribution in [-0.4, -0.2) is 27.6 Å². The molecule has 18 heavy (non-hydrogen) atoms. The van der Waals surface area contributed by atoms with E-state index in [2.05, 4.69) is 10.3 Å². The second-order valence-electron chi connectivity index (χ2n) is 3.61. The Kier molecular flexibility index (Phi) is 3.69. The SMILES string of the molecule is CC(C#N)COC(=O)c1sccc1-n1ccnn1. The van der Waals surface area contributed by atoms with Gasteiger partial charge in [-0.25, -0.2) is 9.48 Å². The molecule has 0 bridgehead atoms. The summed E-state index contributed by atoms with van der Waals surface area (Å²) in [5.74, 6) is -0.763. The van der Waals surface area contributed by atoms with Crippen LogP contribution in [0.2, 0.25) is 0 Å². The van der Waals surface area contributed by atoms with E-state index < -0.39 is 5.97 Å². The van der Waals surface area contributed by atoms with Crippen molar-refractivity contribution >= 4 is 17.3 Å². The Bertz CT molecular complexity index is 570. The van der Waals surface area contributed by atoms with Crippen molar-refractivity contribution < 1.29 is 9.53 Å². The third-order valence-corrected chi connectivity index (χ3v) is 3.07. The molecule has 0 aromatic carbocycles. The monoisotopic (exact) mass is 262 g/mol. The average molecular weight is 262 g/mol. The van der Waals surface area contributed by atoms with E-state index in [9.17, 15) is 4.79 Å². The van der Waals surface area contributed by atoms with E-state index in [1.165, 1.54) is 22.2 Å². The molecule has 2 heterocycles. The number of carbonyl (C=O) groups is 1. The second kappa shape index (κ2) is 5.42. The van der Waals surface area contributed by atoms with Gasteiger partial charge in [0.1, 0.15) is 11.5 Å². The Morgan fingerprint density at radius 1 is 1.72 bits per heavy atom. The lowest BCUT2D eigenvalue weighted by Crippen LogP contribution is -2.12. The Morgan fingerprint density at radius 2 is 2.56 bits per heavy atom. The minimum Gasteiger partial charge on any atom is -0.460 e. The molecule has 0 saturated heterocycles. The first-order valence-electron chi connectivity index (χ1n) is 5.23. The van der Waals surface area contributed by atoms with Gasteiger partial charge in [-0.2, -0.15) is 5.26 Å². The largest absolute Gasteiger partial charge is 0.460 e. The molecular formula is C11H10N4O2S. The number of nitriles is 1. The number of rotatable bonds is 4. The first kappa shape index (κ1) is 12.3. The predicted octanol–water partition coefficient (Wildman–Crippen LogP) is 1.65. The molecule has 0 N–H and O–H groups in total. The molecule has 0 radical (unpaired) electrons. The molecule has 1 unspecified atom stereocenters. The molecule has 0 amide bonds. The fraction of sp³-hybridized carbons (Fsp3) is 0.273. The fourth-order valence-corrected chi connectivity index (χ4v) is 2.05. The average Bonchev–Trinajstić information content (AvgIpc) is 3.04. The molecule has 0 saturated carbocycles. The van der Waals surface area contributed by atoms with Gasteiger partial charge in [0.05, 0.1) is 30.1 Å². The number of carbonyl (C=O) groups excluding carboxylic acids is 1. The van der Waals surface area contributed by atoms with Crippen LogP contribution in [0.15, 0.2) is 23.8 Å². The van der Waals surface area contributed by atoms with Crippen LogP contribution in [0.4, 0.5) is 0 Å². The van der Waals surface area contributed by atoms with Gasteiger partial charge in [0, 0.05) is 0 Å².